The fourth-order valence-electron chi connectivity index (χ4n) is 10.7. The molecular weight excluding hydrogens is 520 g/mol. The summed E-state index contributed by atoms with van der Waals surface area (Å²) >= 11 is 0. The number of hydrogen-bond donors (Lipinski definition) is 2. The molecule has 0 aromatic carbocycles. The van der Waals surface area contributed by atoms with Crippen LogP contribution in [0.5, 0.6) is 0 Å². The number of aliphatic hydroxyl groups excluding tert-OH is 1. The first-order valence-electron chi connectivity index (χ1n) is 17.9. The molecule has 5 aliphatic rings. The van der Waals surface area contributed by atoms with E-state index >= 15 is 0 Å². The topological polar surface area (TPSA) is 66.8 Å². The van der Waals surface area contributed by atoms with E-state index in [2.05, 4.69) is 55.0 Å². The highest BCUT2D eigenvalue weighted by atomic mass is 16.5. The average Bonchev–Trinajstić information content (AvgIpc) is 3.39. The first-order chi connectivity index (χ1) is 19.8. The summed E-state index contributed by atoms with van der Waals surface area (Å²) in [7, 11) is 0. The van der Waals surface area contributed by atoms with E-state index in [1.165, 1.54) is 38.5 Å². The molecule has 4 heteroatoms. The first kappa shape index (κ1) is 37.3. The van der Waals surface area contributed by atoms with Gasteiger partial charge in [0.1, 0.15) is 0 Å². The van der Waals surface area contributed by atoms with Crippen molar-refractivity contribution in [3.05, 3.63) is 12.7 Å². The van der Waals surface area contributed by atoms with E-state index in [9.17, 15) is 15.0 Å². The van der Waals surface area contributed by atoms with Gasteiger partial charge in [0.2, 0.25) is 0 Å². The summed E-state index contributed by atoms with van der Waals surface area (Å²) in [5.41, 5.74) is 0.353. The van der Waals surface area contributed by atoms with Crippen molar-refractivity contribution in [3.8, 4) is 0 Å². The molecule has 5 aliphatic carbocycles. The molecule has 0 aromatic rings. The molecule has 4 nitrogen and oxygen atoms in total. The molecule has 2 N–H and O–H groups in total. The van der Waals surface area contributed by atoms with Gasteiger partial charge in [-0.25, -0.2) is 0 Å². The van der Waals surface area contributed by atoms with Crippen LogP contribution in [0.3, 0.4) is 0 Å². The number of fused-ring (bicyclic) bond motifs is 7. The molecule has 0 bridgehead atoms. The summed E-state index contributed by atoms with van der Waals surface area (Å²) in [5, 5.41) is 20.6. The molecule has 0 amide bonds. The average molecular weight is 591 g/mol. The molecule has 0 spiro atoms. The van der Waals surface area contributed by atoms with Crippen LogP contribution in [0.25, 0.3) is 0 Å². The Bertz CT molecular complexity index is 829. The van der Waals surface area contributed by atoms with Crippen molar-refractivity contribution in [2.45, 2.75) is 158 Å². The van der Waals surface area contributed by atoms with Gasteiger partial charge in [-0.2, -0.15) is 0 Å². The zero-order valence-corrected chi connectivity index (χ0v) is 29.4. The second-order valence-electron chi connectivity index (χ2n) is 15.5. The lowest BCUT2D eigenvalue weighted by atomic mass is 9.37. The number of carboxylic acids is 1. The standard InChI is InChI=1S/C25H40O3.C8H18O.C3H6.C2H6/c1-15-17-8-12-24(3)18-9-14-25(22(27)28)11-4-5-19(25)16(18)6-7-21(24)23(17,2)13-10-20(15)26;1-7(2)5-6-9-8(3)4;1-3-2;1-2/h15-21,26H,4-14H2,1-3H3,(H,27,28);7-8H,5-6H2,1-4H3;3H,1H2,2H3;1-2H3/t15-,16?,17?,18?,19?,20?,21?,23+,24+,25+;;;/m1.../s1. The largest absolute Gasteiger partial charge is 0.481 e. The Morgan fingerprint density at radius 1 is 0.905 bits per heavy atom. The molecule has 0 saturated heterocycles. The number of allylic oxidation sites excluding steroid dienone is 1. The van der Waals surface area contributed by atoms with Gasteiger partial charge in [0.15, 0.2) is 0 Å². The molecule has 0 aliphatic heterocycles. The van der Waals surface area contributed by atoms with E-state index in [1.54, 1.807) is 6.08 Å². The van der Waals surface area contributed by atoms with Crippen LogP contribution in [-0.2, 0) is 9.53 Å². The van der Waals surface area contributed by atoms with E-state index in [4.69, 9.17) is 4.74 Å². The molecule has 10 atom stereocenters. The molecule has 0 aromatic heterocycles. The van der Waals surface area contributed by atoms with Gasteiger partial charge in [-0.15, -0.1) is 6.58 Å². The summed E-state index contributed by atoms with van der Waals surface area (Å²) in [6.45, 7) is 26.2. The third kappa shape index (κ3) is 7.49. The maximum Gasteiger partial charge on any atom is 0.309 e. The minimum absolute atomic E-state index is 0.108. The molecule has 6 unspecified atom stereocenters. The molecule has 5 saturated carbocycles. The van der Waals surface area contributed by atoms with Gasteiger partial charge in [0, 0.05) is 6.61 Å². The van der Waals surface area contributed by atoms with Gasteiger partial charge in [-0.1, -0.05) is 61.0 Å². The van der Waals surface area contributed by atoms with Gasteiger partial charge in [-0.3, -0.25) is 4.79 Å². The van der Waals surface area contributed by atoms with E-state index in [-0.39, 0.29) is 6.10 Å². The quantitative estimate of drug-likeness (QED) is 0.313. The van der Waals surface area contributed by atoms with Crippen molar-refractivity contribution in [2.24, 2.45) is 57.7 Å². The number of carbonyl (C=O) groups is 1. The Hall–Kier alpha value is -0.870. The summed E-state index contributed by atoms with van der Waals surface area (Å²) in [5.74, 6) is 3.92. The number of ether oxygens (including phenoxy) is 1. The van der Waals surface area contributed by atoms with Crippen LogP contribution in [0, 0.1) is 57.7 Å². The van der Waals surface area contributed by atoms with Crippen LogP contribution >= 0.6 is 0 Å². The summed E-state index contributed by atoms with van der Waals surface area (Å²) in [4.78, 5) is 12.3. The van der Waals surface area contributed by atoms with Gasteiger partial charge in [0.25, 0.3) is 0 Å². The minimum Gasteiger partial charge on any atom is -0.481 e. The molecular formula is C38H70O4. The lowest BCUT2D eigenvalue weighted by Gasteiger charge is -2.67. The van der Waals surface area contributed by atoms with Crippen molar-refractivity contribution in [2.75, 3.05) is 6.61 Å². The summed E-state index contributed by atoms with van der Waals surface area (Å²) in [6, 6.07) is 0. The van der Waals surface area contributed by atoms with E-state index in [0.717, 1.165) is 62.9 Å². The molecule has 0 radical (unpaired) electrons. The Labute approximate surface area is 260 Å². The van der Waals surface area contributed by atoms with Crippen molar-refractivity contribution in [3.63, 3.8) is 0 Å². The van der Waals surface area contributed by atoms with E-state index < -0.39 is 11.4 Å². The van der Waals surface area contributed by atoms with Gasteiger partial charge in [0.05, 0.1) is 17.6 Å². The monoisotopic (exact) mass is 591 g/mol. The SMILES string of the molecule is C=CC.CC.CC(C)CCOC(C)C.C[C@H]1C(O)CC[C@@]2(C)C1CC[C@@]1(C)C3CC[C@@]4(C(=O)O)CCCC4C3CCC12. The third-order valence-electron chi connectivity index (χ3n) is 12.6. The Morgan fingerprint density at radius 2 is 1.48 bits per heavy atom. The third-order valence-corrected chi connectivity index (χ3v) is 12.6. The van der Waals surface area contributed by atoms with Crippen LogP contribution in [0.1, 0.15) is 146 Å². The highest BCUT2D eigenvalue weighted by Crippen LogP contribution is 2.71. The van der Waals surface area contributed by atoms with Gasteiger partial charge < -0.3 is 14.9 Å². The van der Waals surface area contributed by atoms with Crippen molar-refractivity contribution in [1.82, 2.24) is 0 Å². The van der Waals surface area contributed by atoms with Gasteiger partial charge in [-0.05, 0) is 144 Å². The second kappa shape index (κ2) is 15.9. The molecule has 5 rings (SSSR count). The van der Waals surface area contributed by atoms with Crippen molar-refractivity contribution in [1.29, 1.82) is 0 Å². The number of rotatable bonds is 5. The first-order valence-corrected chi connectivity index (χ1v) is 17.9. The minimum atomic E-state index is -0.494. The predicted molar refractivity (Wildman–Crippen MR) is 177 cm³/mol. The number of hydrogen-bond acceptors (Lipinski definition) is 3. The van der Waals surface area contributed by atoms with E-state index in [1.807, 2.05) is 20.8 Å². The Balaban J connectivity index is 0.000000373. The van der Waals surface area contributed by atoms with Crippen LogP contribution < -0.4 is 0 Å². The number of aliphatic hydroxyl groups is 1. The zero-order chi connectivity index (χ0) is 31.9. The van der Waals surface area contributed by atoms with Gasteiger partial charge >= 0.3 is 5.97 Å². The Morgan fingerprint density at radius 3 is 2.05 bits per heavy atom. The van der Waals surface area contributed by atoms with Crippen LogP contribution in [0.4, 0.5) is 0 Å². The van der Waals surface area contributed by atoms with Crippen LogP contribution in [0.15, 0.2) is 12.7 Å². The lowest BCUT2D eigenvalue weighted by molar-refractivity contribution is -0.199. The normalized spacial score (nSPS) is 41.7. The fraction of sp³-hybridized carbons (Fsp3) is 0.921. The maximum atomic E-state index is 12.3. The maximum absolute atomic E-state index is 12.3. The molecule has 0 heterocycles. The predicted octanol–water partition coefficient (Wildman–Crippen LogP) is 10.2. The number of carboxylic acid groups (broad SMARTS) is 1. The number of aliphatic carboxylic acids is 1. The molecule has 42 heavy (non-hydrogen) atoms. The summed E-state index contributed by atoms with van der Waals surface area (Å²) in [6.07, 6.45) is 15.7. The fourth-order valence-corrected chi connectivity index (χ4v) is 10.7. The van der Waals surface area contributed by atoms with Crippen LogP contribution in [0.2, 0.25) is 0 Å². The van der Waals surface area contributed by atoms with Crippen molar-refractivity contribution >= 4 is 5.97 Å². The molecule has 5 fully saturated rings. The highest BCUT2D eigenvalue weighted by Gasteiger charge is 2.65. The van der Waals surface area contributed by atoms with E-state index in [0.29, 0.717) is 40.6 Å². The van der Waals surface area contributed by atoms with Crippen molar-refractivity contribution < 1.29 is 19.7 Å². The molecule has 246 valence electrons. The summed E-state index contributed by atoms with van der Waals surface area (Å²) < 4.78 is 5.35. The zero-order valence-electron chi connectivity index (χ0n) is 29.4. The highest BCUT2D eigenvalue weighted by molar-refractivity contribution is 5.75. The Kier molecular flexibility index (Phi) is 14.1. The van der Waals surface area contributed by atoms with Crippen LogP contribution in [-0.4, -0.2) is 35.0 Å². The lowest BCUT2D eigenvalue weighted by Crippen LogP contribution is -2.61. The smallest absolute Gasteiger partial charge is 0.309 e. The second-order valence-corrected chi connectivity index (χ2v) is 15.5.